The molecule has 1 N–H and O–H groups in total. The molecule has 6 nitrogen and oxygen atoms in total. The Hall–Kier alpha value is -1.89. The largest absolute Gasteiger partial charge is 0.460 e. The number of ether oxygens (including phenoxy) is 1. The molecule has 0 bridgehead atoms. The number of nitrogens with one attached hydrogen (secondary N) is 1. The molecule has 2 aliphatic heterocycles. The van der Waals surface area contributed by atoms with Gasteiger partial charge in [0.05, 0.1) is 11.8 Å². The molecular formula is C32H48ClN3O3. The highest BCUT2D eigenvalue weighted by Crippen LogP contribution is 2.41. The lowest BCUT2D eigenvalue weighted by molar-refractivity contribution is -0.161. The van der Waals surface area contributed by atoms with Crippen LogP contribution in [0.15, 0.2) is 29.8 Å². The SMILES string of the molecule is Cc1cccc(Cl)c1CN1C[C@H](C)[C@@](CC(=O)OC(C)(C)C)(C(=O)NC2CCN(CC3=CCCCC3)CC2)C1. The number of esters is 1. The Labute approximate surface area is 240 Å². The molecule has 2 saturated heterocycles. The second-order valence-electron chi connectivity index (χ2n) is 13.2. The lowest BCUT2D eigenvalue weighted by atomic mass is 9.75. The van der Waals surface area contributed by atoms with Crippen LogP contribution in [-0.2, 0) is 20.9 Å². The van der Waals surface area contributed by atoms with Crippen molar-refractivity contribution in [3.63, 3.8) is 0 Å². The summed E-state index contributed by atoms with van der Waals surface area (Å²) >= 11 is 6.55. The van der Waals surface area contributed by atoms with Gasteiger partial charge in [0.1, 0.15) is 5.60 Å². The fourth-order valence-electron chi connectivity index (χ4n) is 6.53. The van der Waals surface area contributed by atoms with E-state index in [4.69, 9.17) is 16.3 Å². The summed E-state index contributed by atoms with van der Waals surface area (Å²) in [6.45, 7) is 14.7. The third-order valence-corrected chi connectivity index (χ3v) is 9.14. The van der Waals surface area contributed by atoms with Crippen molar-refractivity contribution in [1.82, 2.24) is 15.1 Å². The Bertz CT molecular complexity index is 1040. The third-order valence-electron chi connectivity index (χ3n) is 8.78. The normalized spacial score (nSPS) is 25.4. The van der Waals surface area contributed by atoms with Gasteiger partial charge in [0.2, 0.25) is 5.91 Å². The number of benzene rings is 1. The van der Waals surface area contributed by atoms with E-state index in [0.29, 0.717) is 13.1 Å². The standard InChI is InChI=1S/C32H48ClN3O3/c1-23-10-9-13-28(33)27(23)21-36-19-24(2)32(22-36,18-29(37)39-31(3,4)5)30(38)34-26-14-16-35(17-15-26)20-25-11-7-6-8-12-25/h9-11,13,24,26H,6-8,12,14-22H2,1-5H3,(H,34,38)/t24-,32-/m0/s1. The van der Waals surface area contributed by atoms with E-state index in [9.17, 15) is 9.59 Å². The number of hydrogen-bond acceptors (Lipinski definition) is 5. The van der Waals surface area contributed by atoms with Gasteiger partial charge in [0.25, 0.3) is 0 Å². The molecule has 2 heterocycles. The zero-order valence-electron chi connectivity index (χ0n) is 24.7. The smallest absolute Gasteiger partial charge is 0.307 e. The van der Waals surface area contributed by atoms with Crippen molar-refractivity contribution in [1.29, 1.82) is 0 Å². The van der Waals surface area contributed by atoms with E-state index in [1.54, 1.807) is 5.57 Å². The van der Waals surface area contributed by atoms with Crippen LogP contribution in [0, 0.1) is 18.3 Å². The van der Waals surface area contributed by atoms with E-state index in [1.807, 2.05) is 32.9 Å². The molecule has 2 atom stereocenters. The van der Waals surface area contributed by atoms with Crippen LogP contribution in [0.3, 0.4) is 0 Å². The molecule has 7 heteroatoms. The minimum Gasteiger partial charge on any atom is -0.460 e. The summed E-state index contributed by atoms with van der Waals surface area (Å²) in [5.41, 5.74) is 2.38. The van der Waals surface area contributed by atoms with Crippen LogP contribution in [0.25, 0.3) is 0 Å². The first-order chi connectivity index (χ1) is 18.4. The number of nitrogens with zero attached hydrogens (tertiary/aromatic N) is 2. The maximum atomic E-state index is 14.1. The number of amides is 1. The molecule has 1 amide bonds. The van der Waals surface area contributed by atoms with E-state index in [-0.39, 0.29) is 30.3 Å². The fraction of sp³-hybridized carbons (Fsp3) is 0.688. The number of allylic oxidation sites excluding steroid dienone is 1. The molecule has 0 unspecified atom stereocenters. The highest BCUT2D eigenvalue weighted by atomic mass is 35.5. The molecule has 1 aliphatic carbocycles. The quantitative estimate of drug-likeness (QED) is 0.318. The highest BCUT2D eigenvalue weighted by Gasteiger charge is 2.52. The number of rotatable bonds is 8. The molecule has 1 aromatic carbocycles. The minimum absolute atomic E-state index is 0.00569. The van der Waals surface area contributed by atoms with Crippen LogP contribution in [-0.4, -0.2) is 66.0 Å². The van der Waals surface area contributed by atoms with Crippen molar-refractivity contribution in [3.8, 4) is 0 Å². The summed E-state index contributed by atoms with van der Waals surface area (Å²) in [6, 6.07) is 6.09. The Morgan fingerprint density at radius 2 is 1.87 bits per heavy atom. The number of halogens is 1. The highest BCUT2D eigenvalue weighted by molar-refractivity contribution is 6.31. The van der Waals surface area contributed by atoms with Gasteiger partial charge >= 0.3 is 5.97 Å². The fourth-order valence-corrected chi connectivity index (χ4v) is 6.81. The van der Waals surface area contributed by atoms with E-state index in [1.165, 1.54) is 25.7 Å². The van der Waals surface area contributed by atoms with Crippen molar-refractivity contribution in [2.75, 3.05) is 32.7 Å². The average molecular weight is 558 g/mol. The van der Waals surface area contributed by atoms with Gasteiger partial charge in [0.15, 0.2) is 0 Å². The molecule has 3 aliphatic rings. The van der Waals surface area contributed by atoms with Gasteiger partial charge in [0, 0.05) is 50.3 Å². The van der Waals surface area contributed by atoms with Crippen molar-refractivity contribution in [3.05, 3.63) is 46.0 Å². The predicted octanol–water partition coefficient (Wildman–Crippen LogP) is 5.90. The van der Waals surface area contributed by atoms with Crippen molar-refractivity contribution in [2.24, 2.45) is 11.3 Å². The van der Waals surface area contributed by atoms with Crippen LogP contribution in [0.4, 0.5) is 0 Å². The monoisotopic (exact) mass is 557 g/mol. The molecule has 0 saturated carbocycles. The Morgan fingerprint density at radius 1 is 1.13 bits per heavy atom. The maximum Gasteiger partial charge on any atom is 0.307 e. The number of carbonyl (C=O) groups excluding carboxylic acids is 2. The van der Waals surface area contributed by atoms with E-state index in [2.05, 4.69) is 41.1 Å². The number of piperidine rings is 1. The zero-order chi connectivity index (χ0) is 28.2. The van der Waals surface area contributed by atoms with Gasteiger partial charge in [-0.05, 0) is 89.3 Å². The Balaban J connectivity index is 1.44. The van der Waals surface area contributed by atoms with Crippen LogP contribution in [0.5, 0.6) is 0 Å². The van der Waals surface area contributed by atoms with Crippen LogP contribution in [0.2, 0.25) is 5.02 Å². The average Bonchev–Trinajstić information content (AvgIpc) is 3.17. The summed E-state index contributed by atoms with van der Waals surface area (Å²) in [6.07, 6.45) is 9.47. The van der Waals surface area contributed by atoms with Gasteiger partial charge in [-0.3, -0.25) is 19.4 Å². The van der Waals surface area contributed by atoms with Gasteiger partial charge in [-0.25, -0.2) is 0 Å². The van der Waals surface area contributed by atoms with E-state index < -0.39 is 11.0 Å². The number of aryl methyl sites for hydroxylation is 1. The van der Waals surface area contributed by atoms with Gasteiger partial charge < -0.3 is 10.1 Å². The number of hydrogen-bond donors (Lipinski definition) is 1. The minimum atomic E-state index is -0.832. The van der Waals surface area contributed by atoms with Crippen molar-refractivity contribution >= 4 is 23.5 Å². The summed E-state index contributed by atoms with van der Waals surface area (Å²) in [4.78, 5) is 32.0. The predicted molar refractivity (Wildman–Crippen MR) is 158 cm³/mol. The summed E-state index contributed by atoms with van der Waals surface area (Å²) < 4.78 is 5.72. The third kappa shape index (κ3) is 7.86. The second-order valence-corrected chi connectivity index (χ2v) is 13.6. The van der Waals surface area contributed by atoms with Gasteiger partial charge in [-0.15, -0.1) is 0 Å². The zero-order valence-corrected chi connectivity index (χ0v) is 25.4. The summed E-state index contributed by atoms with van der Waals surface area (Å²) in [7, 11) is 0. The van der Waals surface area contributed by atoms with Crippen LogP contribution in [0.1, 0.15) is 83.8 Å². The first-order valence-corrected chi connectivity index (χ1v) is 15.2. The molecule has 0 spiro atoms. The van der Waals surface area contributed by atoms with E-state index in [0.717, 1.165) is 55.2 Å². The maximum absolute atomic E-state index is 14.1. The second kappa shape index (κ2) is 12.7. The molecule has 1 aromatic rings. The summed E-state index contributed by atoms with van der Waals surface area (Å²) in [5.74, 6) is -0.310. The lowest BCUT2D eigenvalue weighted by Crippen LogP contribution is -2.53. The molecule has 0 aromatic heterocycles. The number of likely N-dealkylation sites (tertiary alicyclic amines) is 2. The first-order valence-electron chi connectivity index (χ1n) is 14.8. The van der Waals surface area contributed by atoms with Crippen LogP contribution >= 0.6 is 11.6 Å². The first kappa shape index (κ1) is 30.1. The number of carbonyl (C=O) groups is 2. The van der Waals surface area contributed by atoms with Crippen molar-refractivity contribution < 1.29 is 14.3 Å². The van der Waals surface area contributed by atoms with Crippen LogP contribution < -0.4 is 5.32 Å². The van der Waals surface area contributed by atoms with Gasteiger partial charge in [-0.1, -0.05) is 42.3 Å². The molecule has 2 fully saturated rings. The lowest BCUT2D eigenvalue weighted by Gasteiger charge is -2.37. The van der Waals surface area contributed by atoms with E-state index >= 15 is 0 Å². The van der Waals surface area contributed by atoms with Crippen molar-refractivity contribution in [2.45, 2.75) is 97.8 Å². The molecule has 4 rings (SSSR count). The molecule has 39 heavy (non-hydrogen) atoms. The molecular weight excluding hydrogens is 510 g/mol. The molecule has 216 valence electrons. The Kier molecular flexibility index (Phi) is 9.83. The molecule has 0 radical (unpaired) electrons. The Morgan fingerprint density at radius 3 is 2.51 bits per heavy atom. The van der Waals surface area contributed by atoms with Gasteiger partial charge in [-0.2, -0.15) is 0 Å². The summed E-state index contributed by atoms with van der Waals surface area (Å²) in [5, 5.41) is 4.13. The topological polar surface area (TPSA) is 61.9 Å².